The summed E-state index contributed by atoms with van der Waals surface area (Å²) in [5, 5.41) is 2.51. The molecule has 30 heavy (non-hydrogen) atoms. The molecular formula is C26H22N2O2. The number of hydrogen-bond acceptors (Lipinski definition) is 3. The van der Waals surface area contributed by atoms with Crippen LogP contribution >= 0.6 is 0 Å². The first-order valence-corrected chi connectivity index (χ1v) is 9.99. The summed E-state index contributed by atoms with van der Waals surface area (Å²) in [5.41, 5.74) is 3.35. The Hall–Kier alpha value is -3.79. The van der Waals surface area contributed by atoms with Crippen LogP contribution in [0.15, 0.2) is 91.0 Å². The molecule has 1 aromatic heterocycles. The molecule has 0 atom stereocenters. The highest BCUT2D eigenvalue weighted by Crippen LogP contribution is 2.24. The first kappa shape index (κ1) is 18.3. The molecule has 0 aliphatic carbocycles. The molecule has 0 bridgehead atoms. The van der Waals surface area contributed by atoms with E-state index < -0.39 is 0 Å². The Morgan fingerprint density at radius 3 is 2.37 bits per heavy atom. The van der Waals surface area contributed by atoms with Crippen molar-refractivity contribution in [1.29, 1.82) is 0 Å². The maximum atomic E-state index is 6.05. The quantitative estimate of drug-likeness (QED) is 0.364. The van der Waals surface area contributed by atoms with Gasteiger partial charge in [0.05, 0.1) is 24.7 Å². The average Bonchev–Trinajstić information content (AvgIpc) is 3.15. The second kappa shape index (κ2) is 7.91. The highest BCUT2D eigenvalue weighted by molar-refractivity contribution is 5.86. The summed E-state index contributed by atoms with van der Waals surface area (Å²) in [7, 11) is 1.66. The SMILES string of the molecule is COc1ccc(OCc2nc3ccccc3n2Cc2cccc3ccccc23)cc1. The lowest BCUT2D eigenvalue weighted by Crippen LogP contribution is -2.08. The molecule has 4 aromatic carbocycles. The molecule has 4 heteroatoms. The third-order valence-corrected chi connectivity index (χ3v) is 5.37. The van der Waals surface area contributed by atoms with E-state index in [9.17, 15) is 0 Å². The second-order valence-corrected chi connectivity index (χ2v) is 7.21. The van der Waals surface area contributed by atoms with Crippen molar-refractivity contribution in [2.45, 2.75) is 13.2 Å². The zero-order valence-corrected chi connectivity index (χ0v) is 16.8. The highest BCUT2D eigenvalue weighted by atomic mass is 16.5. The van der Waals surface area contributed by atoms with E-state index in [4.69, 9.17) is 14.5 Å². The highest BCUT2D eigenvalue weighted by Gasteiger charge is 2.13. The number of ether oxygens (including phenoxy) is 2. The van der Waals surface area contributed by atoms with E-state index in [1.165, 1.54) is 16.3 Å². The van der Waals surface area contributed by atoms with Gasteiger partial charge < -0.3 is 14.0 Å². The molecule has 4 nitrogen and oxygen atoms in total. The van der Waals surface area contributed by atoms with E-state index in [2.05, 4.69) is 59.2 Å². The normalized spacial score (nSPS) is 11.1. The van der Waals surface area contributed by atoms with Crippen LogP contribution in [0, 0.1) is 0 Å². The average molecular weight is 394 g/mol. The maximum Gasteiger partial charge on any atom is 0.148 e. The monoisotopic (exact) mass is 394 g/mol. The Bertz CT molecular complexity index is 1300. The van der Waals surface area contributed by atoms with Gasteiger partial charge in [0.15, 0.2) is 0 Å². The number of nitrogens with zero attached hydrogens (tertiary/aromatic N) is 2. The van der Waals surface area contributed by atoms with Crippen LogP contribution in [-0.2, 0) is 13.2 Å². The molecule has 0 spiro atoms. The van der Waals surface area contributed by atoms with Crippen molar-refractivity contribution < 1.29 is 9.47 Å². The van der Waals surface area contributed by atoms with Gasteiger partial charge in [-0.25, -0.2) is 4.98 Å². The number of hydrogen-bond donors (Lipinski definition) is 0. The Balaban J connectivity index is 1.50. The Morgan fingerprint density at radius 2 is 1.50 bits per heavy atom. The van der Waals surface area contributed by atoms with Crippen molar-refractivity contribution in [3.8, 4) is 11.5 Å². The van der Waals surface area contributed by atoms with Crippen LogP contribution in [0.3, 0.4) is 0 Å². The second-order valence-electron chi connectivity index (χ2n) is 7.21. The van der Waals surface area contributed by atoms with Crippen LogP contribution in [0.25, 0.3) is 21.8 Å². The van der Waals surface area contributed by atoms with Gasteiger partial charge in [-0.2, -0.15) is 0 Å². The van der Waals surface area contributed by atoms with Crippen LogP contribution in [0.1, 0.15) is 11.4 Å². The van der Waals surface area contributed by atoms with Crippen molar-refractivity contribution in [3.05, 3.63) is 102 Å². The summed E-state index contributed by atoms with van der Waals surface area (Å²) in [6.45, 7) is 1.13. The summed E-state index contributed by atoms with van der Waals surface area (Å²) in [5.74, 6) is 2.50. The van der Waals surface area contributed by atoms with Gasteiger partial charge in [0, 0.05) is 0 Å². The number of aromatic nitrogens is 2. The molecule has 0 saturated carbocycles. The van der Waals surface area contributed by atoms with Gasteiger partial charge in [0.25, 0.3) is 0 Å². The molecule has 0 aliphatic heterocycles. The molecule has 0 N–H and O–H groups in total. The van der Waals surface area contributed by atoms with Crippen LogP contribution in [0.5, 0.6) is 11.5 Å². The predicted octanol–water partition coefficient (Wildman–Crippen LogP) is 5.83. The number of methoxy groups -OCH3 is 1. The van der Waals surface area contributed by atoms with Gasteiger partial charge in [-0.15, -0.1) is 0 Å². The van der Waals surface area contributed by atoms with E-state index >= 15 is 0 Å². The van der Waals surface area contributed by atoms with E-state index in [0.29, 0.717) is 6.61 Å². The fourth-order valence-electron chi connectivity index (χ4n) is 3.83. The lowest BCUT2D eigenvalue weighted by Gasteiger charge is -2.13. The number of fused-ring (bicyclic) bond motifs is 2. The van der Waals surface area contributed by atoms with E-state index in [1.807, 2.05) is 36.4 Å². The third-order valence-electron chi connectivity index (χ3n) is 5.37. The van der Waals surface area contributed by atoms with Gasteiger partial charge in [0.2, 0.25) is 0 Å². The van der Waals surface area contributed by atoms with E-state index in [-0.39, 0.29) is 0 Å². The van der Waals surface area contributed by atoms with Gasteiger partial charge in [-0.1, -0.05) is 54.6 Å². The van der Waals surface area contributed by atoms with Crippen LogP contribution in [0.4, 0.5) is 0 Å². The first-order chi connectivity index (χ1) is 14.8. The lowest BCUT2D eigenvalue weighted by atomic mass is 10.0. The molecule has 5 aromatic rings. The fourth-order valence-corrected chi connectivity index (χ4v) is 3.83. The largest absolute Gasteiger partial charge is 0.497 e. The summed E-state index contributed by atoms with van der Waals surface area (Å²) in [6.07, 6.45) is 0. The smallest absolute Gasteiger partial charge is 0.148 e. The standard InChI is InChI=1S/C26H22N2O2/c1-29-21-13-15-22(16-14-21)30-18-26-27-24-11-4-5-12-25(24)28(26)17-20-9-6-8-19-7-2-3-10-23(19)20/h2-16H,17-18H2,1H3. The van der Waals surface area contributed by atoms with Crippen molar-refractivity contribution in [3.63, 3.8) is 0 Å². The molecule has 1 heterocycles. The third kappa shape index (κ3) is 3.48. The summed E-state index contributed by atoms with van der Waals surface area (Å²) >= 11 is 0. The number of benzene rings is 4. The molecule has 0 fully saturated rings. The minimum atomic E-state index is 0.395. The van der Waals surface area contributed by atoms with Crippen molar-refractivity contribution in [1.82, 2.24) is 9.55 Å². The topological polar surface area (TPSA) is 36.3 Å². The van der Waals surface area contributed by atoms with E-state index in [1.54, 1.807) is 7.11 Å². The predicted molar refractivity (Wildman–Crippen MR) is 120 cm³/mol. The molecule has 0 saturated heterocycles. The minimum absolute atomic E-state index is 0.395. The van der Waals surface area contributed by atoms with Crippen molar-refractivity contribution >= 4 is 21.8 Å². The first-order valence-electron chi connectivity index (χ1n) is 9.99. The summed E-state index contributed by atoms with van der Waals surface area (Å²) < 4.78 is 13.5. The minimum Gasteiger partial charge on any atom is -0.497 e. The Morgan fingerprint density at radius 1 is 0.767 bits per heavy atom. The number of para-hydroxylation sites is 2. The van der Waals surface area contributed by atoms with E-state index in [0.717, 1.165) is 34.9 Å². The molecule has 0 amide bonds. The van der Waals surface area contributed by atoms with Crippen LogP contribution in [0.2, 0.25) is 0 Å². The van der Waals surface area contributed by atoms with Gasteiger partial charge in [-0.3, -0.25) is 0 Å². The van der Waals surface area contributed by atoms with Crippen LogP contribution in [-0.4, -0.2) is 16.7 Å². The fraction of sp³-hybridized carbons (Fsp3) is 0.115. The number of imidazole rings is 1. The van der Waals surface area contributed by atoms with Crippen LogP contribution < -0.4 is 9.47 Å². The van der Waals surface area contributed by atoms with Gasteiger partial charge in [-0.05, 0) is 52.7 Å². The van der Waals surface area contributed by atoms with Gasteiger partial charge >= 0.3 is 0 Å². The van der Waals surface area contributed by atoms with Gasteiger partial charge in [0.1, 0.15) is 23.9 Å². The molecule has 148 valence electrons. The number of rotatable bonds is 6. The van der Waals surface area contributed by atoms with Crippen molar-refractivity contribution in [2.24, 2.45) is 0 Å². The molecule has 0 aliphatic rings. The lowest BCUT2D eigenvalue weighted by molar-refractivity contribution is 0.290. The zero-order valence-electron chi connectivity index (χ0n) is 16.8. The summed E-state index contributed by atoms with van der Waals surface area (Å²) in [6, 6.07) is 30.8. The molecule has 5 rings (SSSR count). The molecule has 0 unspecified atom stereocenters. The maximum absolute atomic E-state index is 6.05. The summed E-state index contributed by atoms with van der Waals surface area (Å²) in [4.78, 5) is 4.85. The molecule has 0 radical (unpaired) electrons. The Labute approximate surface area is 175 Å². The zero-order chi connectivity index (χ0) is 20.3. The Kier molecular flexibility index (Phi) is 4.81. The molecular weight excluding hydrogens is 372 g/mol. The van der Waals surface area contributed by atoms with Crippen molar-refractivity contribution in [2.75, 3.05) is 7.11 Å².